The van der Waals surface area contributed by atoms with Crippen LogP contribution in [0.4, 0.5) is 11.4 Å². The number of benzene rings is 2. The molecule has 2 rings (SSSR count). The summed E-state index contributed by atoms with van der Waals surface area (Å²) in [5.41, 5.74) is 2.54. The summed E-state index contributed by atoms with van der Waals surface area (Å²) < 4.78 is 5.52. The second-order valence-corrected chi connectivity index (χ2v) is 5.22. The van der Waals surface area contributed by atoms with Crippen LogP contribution in [0.5, 0.6) is 5.75 Å². The highest BCUT2D eigenvalue weighted by molar-refractivity contribution is 5.92. The van der Waals surface area contributed by atoms with Crippen LogP contribution in [0.3, 0.4) is 0 Å². The van der Waals surface area contributed by atoms with E-state index in [0.717, 1.165) is 11.3 Å². The van der Waals surface area contributed by atoms with Crippen molar-refractivity contribution < 1.29 is 14.3 Å². The standard InChI is InChI=1S/C18H20N2O3/c1-13-3-9-17(10-4-13)23-12-11-18(22)20-16-7-5-15(6-8-16)19-14(2)21/h3-10H,11-12H2,1-2H3,(H,19,21)(H,20,22). The van der Waals surface area contributed by atoms with Crippen molar-refractivity contribution in [2.24, 2.45) is 0 Å². The van der Waals surface area contributed by atoms with Crippen molar-refractivity contribution in [3.05, 3.63) is 54.1 Å². The van der Waals surface area contributed by atoms with Crippen LogP contribution in [0.25, 0.3) is 0 Å². The minimum absolute atomic E-state index is 0.121. The third-order valence-electron chi connectivity index (χ3n) is 3.11. The fraction of sp³-hybridized carbons (Fsp3) is 0.222. The summed E-state index contributed by atoms with van der Waals surface area (Å²) in [6.45, 7) is 3.77. The van der Waals surface area contributed by atoms with Crippen LogP contribution in [0.1, 0.15) is 18.9 Å². The SMILES string of the molecule is CC(=O)Nc1ccc(NC(=O)CCOc2ccc(C)cc2)cc1. The van der Waals surface area contributed by atoms with Crippen LogP contribution in [-0.2, 0) is 9.59 Å². The van der Waals surface area contributed by atoms with Gasteiger partial charge in [-0.25, -0.2) is 0 Å². The van der Waals surface area contributed by atoms with E-state index in [-0.39, 0.29) is 18.2 Å². The first-order chi connectivity index (χ1) is 11.0. The van der Waals surface area contributed by atoms with Crippen molar-refractivity contribution in [2.75, 3.05) is 17.2 Å². The maximum Gasteiger partial charge on any atom is 0.227 e. The Balaban J connectivity index is 1.76. The molecule has 0 aliphatic carbocycles. The van der Waals surface area contributed by atoms with Gasteiger partial charge in [-0.1, -0.05) is 17.7 Å². The Bertz CT molecular complexity index is 664. The highest BCUT2D eigenvalue weighted by atomic mass is 16.5. The molecule has 0 heterocycles. The van der Waals surface area contributed by atoms with Gasteiger partial charge in [0.1, 0.15) is 5.75 Å². The first kappa shape index (κ1) is 16.5. The molecule has 120 valence electrons. The summed E-state index contributed by atoms with van der Waals surface area (Å²) in [6, 6.07) is 14.6. The van der Waals surface area contributed by atoms with Gasteiger partial charge in [0.15, 0.2) is 0 Å². The second kappa shape index (κ2) is 7.98. The van der Waals surface area contributed by atoms with Crippen molar-refractivity contribution in [3.8, 4) is 5.75 Å². The third kappa shape index (κ3) is 5.82. The largest absolute Gasteiger partial charge is 0.493 e. The molecule has 5 heteroatoms. The van der Waals surface area contributed by atoms with Crippen LogP contribution in [0, 0.1) is 6.92 Å². The lowest BCUT2D eigenvalue weighted by atomic mass is 10.2. The minimum Gasteiger partial charge on any atom is -0.493 e. The quantitative estimate of drug-likeness (QED) is 0.859. The summed E-state index contributed by atoms with van der Waals surface area (Å²) in [7, 11) is 0. The summed E-state index contributed by atoms with van der Waals surface area (Å²) in [6.07, 6.45) is 0.265. The molecule has 0 aliphatic heterocycles. The van der Waals surface area contributed by atoms with Crippen LogP contribution < -0.4 is 15.4 Å². The zero-order valence-corrected chi connectivity index (χ0v) is 13.3. The first-order valence-electron chi connectivity index (χ1n) is 7.40. The van der Waals surface area contributed by atoms with Gasteiger partial charge in [0.2, 0.25) is 11.8 Å². The van der Waals surface area contributed by atoms with E-state index in [1.165, 1.54) is 6.92 Å². The number of hydrogen-bond acceptors (Lipinski definition) is 3. The smallest absolute Gasteiger partial charge is 0.227 e. The number of hydrogen-bond donors (Lipinski definition) is 2. The van der Waals surface area contributed by atoms with Crippen molar-refractivity contribution in [2.45, 2.75) is 20.3 Å². The Morgan fingerprint density at radius 2 is 1.48 bits per heavy atom. The zero-order chi connectivity index (χ0) is 16.7. The van der Waals surface area contributed by atoms with Gasteiger partial charge in [-0.05, 0) is 43.3 Å². The molecule has 0 radical (unpaired) electrons. The van der Waals surface area contributed by atoms with E-state index in [9.17, 15) is 9.59 Å². The molecule has 0 atom stereocenters. The summed E-state index contributed by atoms with van der Waals surface area (Å²) >= 11 is 0. The Labute approximate surface area is 135 Å². The number of anilines is 2. The van der Waals surface area contributed by atoms with E-state index in [1.807, 2.05) is 31.2 Å². The minimum atomic E-state index is -0.130. The summed E-state index contributed by atoms with van der Waals surface area (Å²) in [4.78, 5) is 22.8. The van der Waals surface area contributed by atoms with Crippen LogP contribution in [0.15, 0.2) is 48.5 Å². The molecule has 2 aromatic carbocycles. The van der Waals surface area contributed by atoms with Crippen molar-refractivity contribution in [1.29, 1.82) is 0 Å². The average molecular weight is 312 g/mol. The Hall–Kier alpha value is -2.82. The number of aryl methyl sites for hydroxylation is 1. The van der Waals surface area contributed by atoms with Crippen molar-refractivity contribution in [1.82, 2.24) is 0 Å². The summed E-state index contributed by atoms with van der Waals surface area (Å²) in [5.74, 6) is 0.502. The van der Waals surface area contributed by atoms with Crippen molar-refractivity contribution >= 4 is 23.2 Å². The van der Waals surface area contributed by atoms with Gasteiger partial charge in [-0.2, -0.15) is 0 Å². The van der Waals surface area contributed by atoms with Gasteiger partial charge in [-0.15, -0.1) is 0 Å². The molecule has 0 unspecified atom stereocenters. The second-order valence-electron chi connectivity index (χ2n) is 5.22. The van der Waals surface area contributed by atoms with E-state index in [0.29, 0.717) is 18.0 Å². The monoisotopic (exact) mass is 312 g/mol. The van der Waals surface area contributed by atoms with E-state index >= 15 is 0 Å². The number of rotatable bonds is 6. The zero-order valence-electron chi connectivity index (χ0n) is 13.3. The van der Waals surface area contributed by atoms with Crippen molar-refractivity contribution in [3.63, 3.8) is 0 Å². The number of ether oxygens (including phenoxy) is 1. The predicted molar refractivity (Wildman–Crippen MR) is 90.7 cm³/mol. The lowest BCUT2D eigenvalue weighted by Crippen LogP contribution is -2.15. The number of carbonyl (C=O) groups is 2. The lowest BCUT2D eigenvalue weighted by Gasteiger charge is -2.08. The van der Waals surface area contributed by atoms with Gasteiger partial charge in [-0.3, -0.25) is 9.59 Å². The molecule has 0 aliphatic rings. The molecule has 0 saturated carbocycles. The fourth-order valence-electron chi connectivity index (χ4n) is 1.96. The fourth-order valence-corrected chi connectivity index (χ4v) is 1.96. The maximum absolute atomic E-state index is 11.9. The van der Waals surface area contributed by atoms with Crippen LogP contribution in [-0.4, -0.2) is 18.4 Å². The molecular formula is C18H20N2O3. The van der Waals surface area contributed by atoms with Gasteiger partial charge in [0.05, 0.1) is 13.0 Å². The normalized spacial score (nSPS) is 10.0. The average Bonchev–Trinajstić information content (AvgIpc) is 2.51. The third-order valence-corrected chi connectivity index (χ3v) is 3.11. The molecule has 5 nitrogen and oxygen atoms in total. The van der Waals surface area contributed by atoms with Gasteiger partial charge in [0.25, 0.3) is 0 Å². The molecule has 0 aromatic heterocycles. The highest BCUT2D eigenvalue weighted by Crippen LogP contribution is 2.14. The van der Waals surface area contributed by atoms with E-state index in [4.69, 9.17) is 4.74 Å². The topological polar surface area (TPSA) is 67.4 Å². The van der Waals surface area contributed by atoms with Gasteiger partial charge >= 0.3 is 0 Å². The summed E-state index contributed by atoms with van der Waals surface area (Å²) in [5, 5.41) is 5.46. The molecule has 0 spiro atoms. The van der Waals surface area contributed by atoms with Crippen LogP contribution in [0.2, 0.25) is 0 Å². The predicted octanol–water partition coefficient (Wildman–Crippen LogP) is 3.36. The molecule has 2 amide bonds. The number of carbonyl (C=O) groups excluding carboxylic acids is 2. The molecule has 0 fully saturated rings. The van der Waals surface area contributed by atoms with Gasteiger partial charge < -0.3 is 15.4 Å². The Morgan fingerprint density at radius 1 is 0.913 bits per heavy atom. The van der Waals surface area contributed by atoms with Gasteiger partial charge in [0, 0.05) is 18.3 Å². The Morgan fingerprint density at radius 3 is 2.04 bits per heavy atom. The lowest BCUT2D eigenvalue weighted by molar-refractivity contribution is -0.116. The van der Waals surface area contributed by atoms with Crippen LogP contribution >= 0.6 is 0 Å². The first-order valence-corrected chi connectivity index (χ1v) is 7.40. The number of nitrogens with one attached hydrogen (secondary N) is 2. The molecule has 0 saturated heterocycles. The molecule has 23 heavy (non-hydrogen) atoms. The molecule has 0 bridgehead atoms. The maximum atomic E-state index is 11.9. The highest BCUT2D eigenvalue weighted by Gasteiger charge is 2.04. The van der Waals surface area contributed by atoms with E-state index < -0.39 is 0 Å². The Kier molecular flexibility index (Phi) is 5.74. The number of amides is 2. The van der Waals surface area contributed by atoms with E-state index in [1.54, 1.807) is 24.3 Å². The molecular weight excluding hydrogens is 292 g/mol. The molecule has 2 aromatic rings. The molecule has 2 N–H and O–H groups in total. The van der Waals surface area contributed by atoms with E-state index in [2.05, 4.69) is 10.6 Å².